The van der Waals surface area contributed by atoms with Gasteiger partial charge in [0.25, 0.3) is 0 Å². The van der Waals surface area contributed by atoms with Crippen LogP contribution in [0.25, 0.3) is 0 Å². The fourth-order valence-electron chi connectivity index (χ4n) is 1.87. The molecule has 2 N–H and O–H groups in total. The van der Waals surface area contributed by atoms with Crippen molar-refractivity contribution < 1.29 is 19.4 Å². The molecule has 1 fully saturated rings. The lowest BCUT2D eigenvalue weighted by Crippen LogP contribution is -2.46. The summed E-state index contributed by atoms with van der Waals surface area (Å²) in [5.74, 6) is 0.632. The summed E-state index contributed by atoms with van der Waals surface area (Å²) in [6, 6.07) is 6.24. The van der Waals surface area contributed by atoms with Crippen LogP contribution >= 0.6 is 11.8 Å². The number of hydrogen-bond donors (Lipinski definition) is 2. The van der Waals surface area contributed by atoms with Gasteiger partial charge in [-0.25, -0.2) is 9.59 Å². The average Bonchev–Trinajstić information content (AvgIpc) is 2.95. The lowest BCUT2D eigenvalue weighted by atomic mass is 10.2. The Kier molecular flexibility index (Phi) is 4.73. The van der Waals surface area contributed by atoms with Crippen LogP contribution in [-0.2, 0) is 11.3 Å². The highest BCUT2D eigenvalue weighted by molar-refractivity contribution is 7.99. The molecule has 2 amide bonds. The molecule has 1 aromatic carbocycles. The summed E-state index contributed by atoms with van der Waals surface area (Å²) >= 11 is 1.44. The lowest BCUT2D eigenvalue weighted by Gasteiger charge is -2.20. The molecule has 1 aliphatic heterocycles. The van der Waals surface area contributed by atoms with Crippen LogP contribution in [0.4, 0.5) is 4.79 Å². The van der Waals surface area contributed by atoms with Gasteiger partial charge in [0.05, 0.1) is 13.0 Å². The van der Waals surface area contributed by atoms with E-state index in [0.29, 0.717) is 18.2 Å². The third-order valence-electron chi connectivity index (χ3n) is 3.03. The number of rotatable bonds is 4. The Balaban J connectivity index is 1.89. The molecule has 7 heteroatoms. The molecule has 1 atom stereocenters. The molecule has 0 aromatic heterocycles. The first-order chi connectivity index (χ1) is 9.61. The van der Waals surface area contributed by atoms with E-state index in [-0.39, 0.29) is 6.03 Å². The maximum Gasteiger partial charge on any atom is 0.327 e. The molecule has 0 bridgehead atoms. The number of urea groups is 1. The van der Waals surface area contributed by atoms with Gasteiger partial charge in [-0.3, -0.25) is 0 Å². The molecule has 20 heavy (non-hydrogen) atoms. The van der Waals surface area contributed by atoms with Crippen LogP contribution in [0.5, 0.6) is 5.75 Å². The van der Waals surface area contributed by atoms with Gasteiger partial charge >= 0.3 is 12.0 Å². The maximum atomic E-state index is 12.0. The van der Waals surface area contributed by atoms with Gasteiger partial charge in [-0.2, -0.15) is 0 Å². The molecule has 0 aliphatic carbocycles. The zero-order valence-electron chi connectivity index (χ0n) is 11.0. The summed E-state index contributed by atoms with van der Waals surface area (Å²) in [6.07, 6.45) is 0. The third kappa shape index (κ3) is 3.36. The van der Waals surface area contributed by atoms with Crippen molar-refractivity contribution in [1.82, 2.24) is 10.2 Å². The summed E-state index contributed by atoms with van der Waals surface area (Å²) in [6.45, 7) is 0.357. The Labute approximate surface area is 121 Å². The van der Waals surface area contributed by atoms with Crippen molar-refractivity contribution in [2.24, 2.45) is 0 Å². The molecule has 108 valence electrons. The minimum Gasteiger partial charge on any atom is -0.497 e. The second-order valence-electron chi connectivity index (χ2n) is 4.33. The normalized spacial score (nSPS) is 17.9. The van der Waals surface area contributed by atoms with Crippen LogP contribution in [0.2, 0.25) is 0 Å². The highest BCUT2D eigenvalue weighted by Crippen LogP contribution is 2.21. The number of amides is 2. The van der Waals surface area contributed by atoms with Gasteiger partial charge in [-0.05, 0) is 17.7 Å². The first kappa shape index (κ1) is 14.5. The highest BCUT2D eigenvalue weighted by Gasteiger charge is 2.34. The number of carboxylic acid groups (broad SMARTS) is 1. The second-order valence-corrected chi connectivity index (χ2v) is 5.33. The van der Waals surface area contributed by atoms with E-state index >= 15 is 0 Å². The number of thioether (sulfide) groups is 1. The van der Waals surface area contributed by atoms with E-state index in [2.05, 4.69) is 5.32 Å². The fourth-order valence-corrected chi connectivity index (χ4v) is 3.02. The molecule has 1 saturated heterocycles. The quantitative estimate of drug-likeness (QED) is 0.877. The number of nitrogens with zero attached hydrogens (tertiary/aromatic N) is 1. The van der Waals surface area contributed by atoms with Crippen molar-refractivity contribution in [1.29, 1.82) is 0 Å². The second kappa shape index (κ2) is 6.51. The van der Waals surface area contributed by atoms with Gasteiger partial charge in [0.1, 0.15) is 11.8 Å². The van der Waals surface area contributed by atoms with E-state index in [4.69, 9.17) is 9.84 Å². The summed E-state index contributed by atoms with van der Waals surface area (Å²) in [5, 5.41) is 11.8. The molecule has 0 radical (unpaired) electrons. The lowest BCUT2D eigenvalue weighted by molar-refractivity contribution is -0.140. The number of carbonyl (C=O) groups excluding carboxylic acids is 1. The average molecular weight is 296 g/mol. The van der Waals surface area contributed by atoms with Crippen LogP contribution in [0, 0.1) is 0 Å². The Hall–Kier alpha value is -1.89. The van der Waals surface area contributed by atoms with Crippen molar-refractivity contribution in [2.75, 3.05) is 18.7 Å². The van der Waals surface area contributed by atoms with E-state index in [1.807, 2.05) is 24.3 Å². The van der Waals surface area contributed by atoms with E-state index in [0.717, 1.165) is 11.3 Å². The number of nitrogens with one attached hydrogen (secondary N) is 1. The summed E-state index contributed by atoms with van der Waals surface area (Å²) in [5.41, 5.74) is 0.929. The number of methoxy groups -OCH3 is 1. The van der Waals surface area contributed by atoms with Crippen molar-refractivity contribution >= 4 is 23.8 Å². The Morgan fingerprint density at radius 3 is 2.75 bits per heavy atom. The van der Waals surface area contributed by atoms with Gasteiger partial charge in [0.2, 0.25) is 0 Å². The number of ether oxygens (including phenoxy) is 1. The predicted octanol–water partition coefficient (Wildman–Crippen LogP) is 1.36. The smallest absolute Gasteiger partial charge is 0.327 e. The number of benzene rings is 1. The molecule has 1 aromatic rings. The van der Waals surface area contributed by atoms with E-state index in [1.165, 1.54) is 16.7 Å². The molecular formula is C13H16N2O4S. The van der Waals surface area contributed by atoms with E-state index in [9.17, 15) is 9.59 Å². The van der Waals surface area contributed by atoms with Gasteiger partial charge in [0.15, 0.2) is 0 Å². The molecule has 2 rings (SSSR count). The van der Waals surface area contributed by atoms with Gasteiger partial charge in [-0.1, -0.05) is 12.1 Å². The number of carboxylic acids is 1. The van der Waals surface area contributed by atoms with Crippen molar-refractivity contribution in [3.05, 3.63) is 29.8 Å². The van der Waals surface area contributed by atoms with E-state index in [1.54, 1.807) is 7.11 Å². The molecule has 1 heterocycles. The van der Waals surface area contributed by atoms with Crippen LogP contribution < -0.4 is 10.1 Å². The summed E-state index contributed by atoms with van der Waals surface area (Å²) < 4.78 is 5.05. The van der Waals surface area contributed by atoms with Crippen molar-refractivity contribution in [3.8, 4) is 5.75 Å². The summed E-state index contributed by atoms with van der Waals surface area (Å²) in [7, 11) is 1.59. The van der Waals surface area contributed by atoms with E-state index < -0.39 is 12.0 Å². The largest absolute Gasteiger partial charge is 0.497 e. The predicted molar refractivity (Wildman–Crippen MR) is 75.8 cm³/mol. The monoisotopic (exact) mass is 296 g/mol. The van der Waals surface area contributed by atoms with Crippen LogP contribution in [0.1, 0.15) is 5.56 Å². The maximum absolute atomic E-state index is 12.0. The van der Waals surface area contributed by atoms with Gasteiger partial charge < -0.3 is 20.1 Å². The highest BCUT2D eigenvalue weighted by atomic mass is 32.2. The SMILES string of the molecule is COc1ccc(CNC(=O)N2CSCC2C(=O)O)cc1. The van der Waals surface area contributed by atoms with Gasteiger partial charge in [0, 0.05) is 12.3 Å². The Morgan fingerprint density at radius 2 is 2.15 bits per heavy atom. The molecule has 0 saturated carbocycles. The van der Waals surface area contributed by atoms with Crippen LogP contribution in [0.3, 0.4) is 0 Å². The minimum atomic E-state index is -0.963. The van der Waals surface area contributed by atoms with Gasteiger partial charge in [-0.15, -0.1) is 11.8 Å². The summed E-state index contributed by atoms with van der Waals surface area (Å²) in [4.78, 5) is 24.3. The minimum absolute atomic E-state index is 0.349. The molecule has 1 aliphatic rings. The molecule has 6 nitrogen and oxygen atoms in total. The Morgan fingerprint density at radius 1 is 1.45 bits per heavy atom. The first-order valence-electron chi connectivity index (χ1n) is 6.10. The number of carbonyl (C=O) groups is 2. The number of hydrogen-bond acceptors (Lipinski definition) is 4. The fraction of sp³-hybridized carbons (Fsp3) is 0.385. The Bertz CT molecular complexity index is 492. The third-order valence-corrected chi connectivity index (χ3v) is 4.04. The van der Waals surface area contributed by atoms with Crippen molar-refractivity contribution in [2.45, 2.75) is 12.6 Å². The number of aliphatic carboxylic acids is 1. The standard InChI is InChI=1S/C13H16N2O4S/c1-19-10-4-2-9(3-5-10)6-14-13(18)15-8-20-7-11(15)12(16)17/h2-5,11H,6-8H2,1H3,(H,14,18)(H,16,17). The zero-order valence-corrected chi connectivity index (χ0v) is 11.9. The molecular weight excluding hydrogens is 280 g/mol. The molecule has 1 unspecified atom stereocenters. The van der Waals surface area contributed by atoms with Crippen LogP contribution in [-0.4, -0.2) is 46.8 Å². The topological polar surface area (TPSA) is 78.9 Å². The van der Waals surface area contributed by atoms with Crippen molar-refractivity contribution in [3.63, 3.8) is 0 Å². The first-order valence-corrected chi connectivity index (χ1v) is 7.25. The van der Waals surface area contributed by atoms with Crippen LogP contribution in [0.15, 0.2) is 24.3 Å². The zero-order chi connectivity index (χ0) is 14.5. The molecule has 0 spiro atoms.